The molecule has 4 nitrogen and oxygen atoms in total. The minimum absolute atomic E-state index is 0.321. The fraction of sp³-hybridized carbons (Fsp3) is 0.214. The number of ether oxygens (including phenoxy) is 2. The Kier molecular flexibility index (Phi) is 4.32. The van der Waals surface area contributed by atoms with Gasteiger partial charge in [0.1, 0.15) is 5.75 Å². The SMILES string of the molecule is COc1ncccc1C(N)c1cccc(OC(F)(F)F)c1. The first-order chi connectivity index (χ1) is 9.90. The number of hydrogen-bond donors (Lipinski definition) is 1. The molecule has 0 amide bonds. The molecule has 7 heteroatoms. The van der Waals surface area contributed by atoms with Crippen molar-refractivity contribution in [3.05, 3.63) is 53.7 Å². The first-order valence-electron chi connectivity index (χ1n) is 6.01. The van der Waals surface area contributed by atoms with E-state index in [1.807, 2.05) is 0 Å². The summed E-state index contributed by atoms with van der Waals surface area (Å²) >= 11 is 0. The molecule has 0 radical (unpaired) electrons. The molecule has 1 aromatic carbocycles. The van der Waals surface area contributed by atoms with Crippen molar-refractivity contribution in [3.8, 4) is 11.6 Å². The maximum absolute atomic E-state index is 12.2. The lowest BCUT2D eigenvalue weighted by molar-refractivity contribution is -0.274. The lowest BCUT2D eigenvalue weighted by atomic mass is 10.0. The van der Waals surface area contributed by atoms with E-state index in [-0.39, 0.29) is 5.75 Å². The van der Waals surface area contributed by atoms with E-state index < -0.39 is 12.4 Å². The summed E-state index contributed by atoms with van der Waals surface area (Å²) in [7, 11) is 1.45. The van der Waals surface area contributed by atoms with Crippen molar-refractivity contribution < 1.29 is 22.6 Å². The number of methoxy groups -OCH3 is 1. The number of nitrogens with zero attached hydrogens (tertiary/aromatic N) is 1. The zero-order chi connectivity index (χ0) is 15.5. The lowest BCUT2D eigenvalue weighted by Crippen LogP contribution is -2.18. The van der Waals surface area contributed by atoms with E-state index in [1.165, 1.54) is 31.5 Å². The van der Waals surface area contributed by atoms with Crippen LogP contribution in [0.2, 0.25) is 0 Å². The highest BCUT2D eigenvalue weighted by Crippen LogP contribution is 2.30. The number of aromatic nitrogens is 1. The summed E-state index contributed by atoms with van der Waals surface area (Å²) in [4.78, 5) is 4.01. The molecule has 2 rings (SSSR count). The van der Waals surface area contributed by atoms with Gasteiger partial charge in [-0.3, -0.25) is 0 Å². The molecule has 1 aromatic heterocycles. The standard InChI is InChI=1S/C14H13F3N2O2/c1-20-13-11(6-3-7-19-13)12(18)9-4-2-5-10(8-9)21-14(15,16)17/h2-8,12H,18H2,1H3. The Morgan fingerprint density at radius 2 is 1.95 bits per heavy atom. The highest BCUT2D eigenvalue weighted by Gasteiger charge is 2.31. The summed E-state index contributed by atoms with van der Waals surface area (Å²) in [6, 6.07) is 8.21. The molecule has 112 valence electrons. The summed E-state index contributed by atoms with van der Waals surface area (Å²) in [6.07, 6.45) is -3.20. The van der Waals surface area contributed by atoms with Gasteiger partial charge in [-0.1, -0.05) is 18.2 Å². The third kappa shape index (κ3) is 3.85. The van der Waals surface area contributed by atoms with Crippen molar-refractivity contribution in [3.63, 3.8) is 0 Å². The van der Waals surface area contributed by atoms with Gasteiger partial charge in [0, 0.05) is 11.8 Å². The molecule has 1 heterocycles. The Labute approximate surface area is 119 Å². The molecule has 0 aliphatic rings. The molecule has 21 heavy (non-hydrogen) atoms. The summed E-state index contributed by atoms with van der Waals surface area (Å²) in [5.74, 6) is 0.00505. The lowest BCUT2D eigenvalue weighted by Gasteiger charge is -2.16. The van der Waals surface area contributed by atoms with Gasteiger partial charge in [0.25, 0.3) is 0 Å². The molecule has 0 aliphatic heterocycles. The quantitative estimate of drug-likeness (QED) is 0.942. The van der Waals surface area contributed by atoms with Gasteiger partial charge in [-0.2, -0.15) is 0 Å². The van der Waals surface area contributed by atoms with E-state index in [1.54, 1.807) is 18.2 Å². The molecule has 0 spiro atoms. The normalized spacial score (nSPS) is 12.8. The number of rotatable bonds is 4. The van der Waals surface area contributed by atoms with Gasteiger partial charge in [-0.05, 0) is 23.8 Å². The number of halogens is 3. The number of nitrogens with two attached hydrogens (primary N) is 1. The molecule has 1 atom stereocenters. The maximum atomic E-state index is 12.2. The Morgan fingerprint density at radius 3 is 2.62 bits per heavy atom. The average Bonchev–Trinajstić information content (AvgIpc) is 2.45. The number of hydrogen-bond acceptors (Lipinski definition) is 4. The largest absolute Gasteiger partial charge is 0.573 e. The van der Waals surface area contributed by atoms with Crippen LogP contribution in [0.3, 0.4) is 0 Å². The second-order valence-electron chi connectivity index (χ2n) is 4.20. The summed E-state index contributed by atoms with van der Waals surface area (Å²) < 4.78 is 45.7. The van der Waals surface area contributed by atoms with Crippen molar-refractivity contribution in [2.75, 3.05) is 7.11 Å². The van der Waals surface area contributed by atoms with Gasteiger partial charge >= 0.3 is 6.36 Å². The molecule has 0 fully saturated rings. The minimum Gasteiger partial charge on any atom is -0.481 e. The van der Waals surface area contributed by atoms with Crippen molar-refractivity contribution in [2.24, 2.45) is 5.73 Å². The number of benzene rings is 1. The van der Waals surface area contributed by atoms with Gasteiger partial charge in [0.2, 0.25) is 5.88 Å². The van der Waals surface area contributed by atoms with Gasteiger partial charge in [0.15, 0.2) is 0 Å². The van der Waals surface area contributed by atoms with Gasteiger partial charge in [-0.25, -0.2) is 4.98 Å². The van der Waals surface area contributed by atoms with Crippen LogP contribution in [0.25, 0.3) is 0 Å². The van der Waals surface area contributed by atoms with Crippen LogP contribution in [-0.4, -0.2) is 18.5 Å². The molecule has 0 bridgehead atoms. The number of pyridine rings is 1. The van der Waals surface area contributed by atoms with E-state index in [9.17, 15) is 13.2 Å². The van der Waals surface area contributed by atoms with Crippen LogP contribution in [0.1, 0.15) is 17.2 Å². The second kappa shape index (κ2) is 6.01. The Hall–Kier alpha value is -2.28. The highest BCUT2D eigenvalue weighted by molar-refractivity contribution is 5.39. The summed E-state index contributed by atoms with van der Waals surface area (Å²) in [5.41, 5.74) is 7.10. The van der Waals surface area contributed by atoms with E-state index >= 15 is 0 Å². The van der Waals surface area contributed by atoms with E-state index in [0.717, 1.165) is 0 Å². The van der Waals surface area contributed by atoms with Crippen LogP contribution in [0, 0.1) is 0 Å². The fourth-order valence-corrected chi connectivity index (χ4v) is 1.90. The predicted molar refractivity (Wildman–Crippen MR) is 69.9 cm³/mol. The summed E-state index contributed by atoms with van der Waals surface area (Å²) in [5, 5.41) is 0. The molecular formula is C14H13F3N2O2. The summed E-state index contributed by atoms with van der Waals surface area (Å²) in [6.45, 7) is 0. The fourth-order valence-electron chi connectivity index (χ4n) is 1.90. The second-order valence-corrected chi connectivity index (χ2v) is 4.20. The smallest absolute Gasteiger partial charge is 0.481 e. The van der Waals surface area contributed by atoms with Crippen molar-refractivity contribution in [2.45, 2.75) is 12.4 Å². The van der Waals surface area contributed by atoms with Crippen LogP contribution in [0.4, 0.5) is 13.2 Å². The minimum atomic E-state index is -4.74. The Bertz CT molecular complexity index is 617. The van der Waals surface area contributed by atoms with Crippen molar-refractivity contribution in [1.82, 2.24) is 4.98 Å². The zero-order valence-electron chi connectivity index (χ0n) is 11.1. The van der Waals surface area contributed by atoms with Crippen molar-refractivity contribution in [1.29, 1.82) is 0 Å². The Morgan fingerprint density at radius 1 is 1.19 bits per heavy atom. The van der Waals surface area contributed by atoms with Gasteiger partial charge < -0.3 is 15.2 Å². The monoisotopic (exact) mass is 298 g/mol. The predicted octanol–water partition coefficient (Wildman–Crippen LogP) is 3.04. The molecule has 2 aromatic rings. The maximum Gasteiger partial charge on any atom is 0.573 e. The Balaban J connectivity index is 2.31. The van der Waals surface area contributed by atoms with E-state index in [4.69, 9.17) is 10.5 Å². The molecular weight excluding hydrogens is 285 g/mol. The number of alkyl halides is 3. The van der Waals surface area contributed by atoms with Crippen LogP contribution in [-0.2, 0) is 0 Å². The van der Waals surface area contributed by atoms with E-state index in [2.05, 4.69) is 9.72 Å². The van der Waals surface area contributed by atoms with E-state index in [0.29, 0.717) is 17.0 Å². The molecule has 2 N–H and O–H groups in total. The topological polar surface area (TPSA) is 57.4 Å². The molecule has 0 saturated heterocycles. The van der Waals surface area contributed by atoms with Crippen molar-refractivity contribution >= 4 is 0 Å². The van der Waals surface area contributed by atoms with Crippen LogP contribution in [0.5, 0.6) is 11.6 Å². The first kappa shape index (κ1) is 15.1. The average molecular weight is 298 g/mol. The third-order valence-electron chi connectivity index (χ3n) is 2.78. The third-order valence-corrected chi connectivity index (χ3v) is 2.78. The van der Waals surface area contributed by atoms with Gasteiger partial charge in [0.05, 0.1) is 13.2 Å². The van der Waals surface area contributed by atoms with Crippen LogP contribution < -0.4 is 15.2 Å². The molecule has 1 unspecified atom stereocenters. The molecule has 0 aliphatic carbocycles. The van der Waals surface area contributed by atoms with Crippen LogP contribution in [0.15, 0.2) is 42.6 Å². The highest BCUT2D eigenvalue weighted by atomic mass is 19.4. The molecule has 0 saturated carbocycles. The zero-order valence-corrected chi connectivity index (χ0v) is 11.1. The van der Waals surface area contributed by atoms with Crippen LogP contribution >= 0.6 is 0 Å². The van der Waals surface area contributed by atoms with Gasteiger partial charge in [-0.15, -0.1) is 13.2 Å². The first-order valence-corrected chi connectivity index (χ1v) is 6.01.